The molecule has 4 N–H and O–H groups in total. The third-order valence-electron chi connectivity index (χ3n) is 3.58. The molecule has 1 amide bonds. The fraction of sp³-hybridized carbons (Fsp3) is 0.400. The zero-order valence-corrected chi connectivity index (χ0v) is 11.6. The van der Waals surface area contributed by atoms with Crippen molar-refractivity contribution in [3.63, 3.8) is 0 Å². The highest BCUT2D eigenvalue weighted by atomic mass is 16.2. The van der Waals surface area contributed by atoms with Crippen LogP contribution in [-0.4, -0.2) is 12.5 Å². The monoisotopic (exact) mass is 257 g/mol. The molecule has 0 saturated heterocycles. The van der Waals surface area contributed by atoms with Gasteiger partial charge in [-0.05, 0) is 38.5 Å². The maximum atomic E-state index is 12.5. The van der Waals surface area contributed by atoms with E-state index in [0.29, 0.717) is 24.3 Å². The summed E-state index contributed by atoms with van der Waals surface area (Å²) in [6.45, 7) is 6.20. The quantitative estimate of drug-likeness (QED) is 0.627. The van der Waals surface area contributed by atoms with Gasteiger partial charge in [0, 0.05) is 13.0 Å². The van der Waals surface area contributed by atoms with Gasteiger partial charge in [0.2, 0.25) is 5.91 Å². The van der Waals surface area contributed by atoms with Gasteiger partial charge in [0.15, 0.2) is 0 Å². The second-order valence-corrected chi connectivity index (χ2v) is 5.26. The predicted molar refractivity (Wildman–Crippen MR) is 78.7 cm³/mol. The summed E-state index contributed by atoms with van der Waals surface area (Å²) in [7, 11) is 0. The van der Waals surface area contributed by atoms with Gasteiger partial charge in [-0.25, -0.2) is 0 Å². The van der Waals surface area contributed by atoms with Gasteiger partial charge in [-0.15, -0.1) is 11.8 Å². The summed E-state index contributed by atoms with van der Waals surface area (Å²) in [4.78, 5) is 14.3. The van der Waals surface area contributed by atoms with E-state index in [1.165, 1.54) is 0 Å². The molecule has 0 bridgehead atoms. The van der Waals surface area contributed by atoms with Crippen LogP contribution in [0, 0.1) is 11.8 Å². The molecule has 19 heavy (non-hydrogen) atoms. The number of fused-ring (bicyclic) bond motifs is 1. The van der Waals surface area contributed by atoms with Gasteiger partial charge >= 0.3 is 0 Å². The third-order valence-corrected chi connectivity index (χ3v) is 3.58. The lowest BCUT2D eigenvalue weighted by Crippen LogP contribution is -2.36. The first kappa shape index (κ1) is 13.3. The Morgan fingerprint density at radius 1 is 1.26 bits per heavy atom. The smallest absolute Gasteiger partial charge is 0.237 e. The second-order valence-electron chi connectivity index (χ2n) is 5.26. The topological polar surface area (TPSA) is 72.3 Å². The third kappa shape index (κ3) is 2.01. The van der Waals surface area contributed by atoms with Crippen molar-refractivity contribution in [1.29, 1.82) is 0 Å². The van der Waals surface area contributed by atoms with Crippen molar-refractivity contribution in [2.24, 2.45) is 0 Å². The number of nitrogens with two attached hydrogens (primary N) is 2. The zero-order chi connectivity index (χ0) is 14.2. The molecule has 1 aromatic carbocycles. The largest absolute Gasteiger partial charge is 0.397 e. The fourth-order valence-electron chi connectivity index (χ4n) is 2.42. The van der Waals surface area contributed by atoms with Crippen molar-refractivity contribution in [3.05, 3.63) is 17.7 Å². The Hall–Kier alpha value is -2.15. The summed E-state index contributed by atoms with van der Waals surface area (Å²) in [5.41, 5.74) is 14.0. The van der Waals surface area contributed by atoms with Crippen LogP contribution in [0.2, 0.25) is 0 Å². The number of nitrogen functional groups attached to an aromatic ring is 2. The van der Waals surface area contributed by atoms with Crippen molar-refractivity contribution >= 4 is 23.0 Å². The lowest BCUT2D eigenvalue weighted by Gasteiger charge is -2.19. The first-order chi connectivity index (χ1) is 8.89. The molecule has 1 aliphatic heterocycles. The van der Waals surface area contributed by atoms with Crippen LogP contribution < -0.4 is 16.4 Å². The van der Waals surface area contributed by atoms with E-state index in [1.54, 1.807) is 17.9 Å². The SMILES string of the molecule is CC#CCCN1C(=O)C(C)(C)c2cc(N)c(N)cc21. The van der Waals surface area contributed by atoms with Crippen LogP contribution in [-0.2, 0) is 10.2 Å². The normalized spacial score (nSPS) is 15.9. The Balaban J connectivity index is 2.47. The van der Waals surface area contributed by atoms with E-state index in [-0.39, 0.29) is 5.91 Å². The Bertz CT molecular complexity index is 593. The maximum absolute atomic E-state index is 12.5. The van der Waals surface area contributed by atoms with E-state index in [4.69, 9.17) is 11.5 Å². The van der Waals surface area contributed by atoms with Crippen molar-refractivity contribution < 1.29 is 4.79 Å². The fourth-order valence-corrected chi connectivity index (χ4v) is 2.42. The van der Waals surface area contributed by atoms with E-state index in [0.717, 1.165) is 11.3 Å². The molecule has 0 saturated carbocycles. The Kier molecular flexibility index (Phi) is 3.15. The number of nitrogens with zero attached hydrogens (tertiary/aromatic N) is 1. The Morgan fingerprint density at radius 3 is 2.53 bits per heavy atom. The van der Waals surface area contributed by atoms with Crippen LogP contribution in [0.15, 0.2) is 12.1 Å². The van der Waals surface area contributed by atoms with Crippen LogP contribution in [0.25, 0.3) is 0 Å². The summed E-state index contributed by atoms with van der Waals surface area (Å²) < 4.78 is 0. The predicted octanol–water partition coefficient (Wildman–Crippen LogP) is 1.89. The molecular formula is C15H19N3O. The van der Waals surface area contributed by atoms with Gasteiger partial charge in [0.05, 0.1) is 22.5 Å². The highest BCUT2D eigenvalue weighted by molar-refractivity contribution is 6.08. The molecule has 0 radical (unpaired) electrons. The first-order valence-electron chi connectivity index (χ1n) is 6.30. The molecule has 0 fully saturated rings. The van der Waals surface area contributed by atoms with Gasteiger partial charge in [0.1, 0.15) is 0 Å². The molecule has 4 nitrogen and oxygen atoms in total. The summed E-state index contributed by atoms with van der Waals surface area (Å²) in [6, 6.07) is 3.60. The molecule has 1 aliphatic rings. The Morgan fingerprint density at radius 2 is 1.89 bits per heavy atom. The molecule has 1 heterocycles. The lowest BCUT2D eigenvalue weighted by molar-refractivity contribution is -0.122. The van der Waals surface area contributed by atoms with Crippen LogP contribution in [0.3, 0.4) is 0 Å². The molecule has 0 unspecified atom stereocenters. The summed E-state index contributed by atoms with van der Waals surface area (Å²) in [5.74, 6) is 5.89. The van der Waals surface area contributed by atoms with E-state index in [9.17, 15) is 4.79 Å². The average molecular weight is 257 g/mol. The Labute approximate surface area is 113 Å². The summed E-state index contributed by atoms with van der Waals surface area (Å²) >= 11 is 0. The number of carbonyl (C=O) groups is 1. The van der Waals surface area contributed by atoms with Gasteiger partial charge in [-0.2, -0.15) is 0 Å². The molecular weight excluding hydrogens is 238 g/mol. The van der Waals surface area contributed by atoms with Gasteiger partial charge in [-0.3, -0.25) is 4.79 Å². The van der Waals surface area contributed by atoms with Crippen molar-refractivity contribution in [1.82, 2.24) is 0 Å². The van der Waals surface area contributed by atoms with Crippen LogP contribution in [0.4, 0.5) is 17.1 Å². The van der Waals surface area contributed by atoms with E-state index in [1.807, 2.05) is 19.9 Å². The molecule has 2 rings (SSSR count). The second kappa shape index (κ2) is 4.51. The number of benzene rings is 1. The van der Waals surface area contributed by atoms with Gasteiger partial charge < -0.3 is 16.4 Å². The molecule has 0 aliphatic carbocycles. The standard InChI is InChI=1S/C15H19N3O/c1-4-5-6-7-18-13-9-12(17)11(16)8-10(13)15(2,3)14(18)19/h8-9H,6-7,16-17H2,1-3H3. The van der Waals surface area contributed by atoms with Crippen molar-refractivity contribution in [2.45, 2.75) is 32.6 Å². The number of hydrogen-bond donors (Lipinski definition) is 2. The number of anilines is 3. The molecule has 1 aromatic rings. The molecule has 100 valence electrons. The number of amides is 1. The first-order valence-corrected chi connectivity index (χ1v) is 6.30. The highest BCUT2D eigenvalue weighted by Crippen LogP contribution is 2.44. The molecule has 0 spiro atoms. The lowest BCUT2D eigenvalue weighted by atomic mass is 9.86. The van der Waals surface area contributed by atoms with Crippen LogP contribution in [0.5, 0.6) is 0 Å². The zero-order valence-electron chi connectivity index (χ0n) is 11.6. The van der Waals surface area contributed by atoms with E-state index in [2.05, 4.69) is 11.8 Å². The molecule has 0 aromatic heterocycles. The van der Waals surface area contributed by atoms with Gasteiger partial charge in [-0.1, -0.05) is 0 Å². The minimum Gasteiger partial charge on any atom is -0.397 e. The minimum absolute atomic E-state index is 0.0744. The maximum Gasteiger partial charge on any atom is 0.237 e. The van der Waals surface area contributed by atoms with E-state index >= 15 is 0 Å². The average Bonchev–Trinajstić information content (AvgIpc) is 2.52. The highest BCUT2D eigenvalue weighted by Gasteiger charge is 2.43. The summed E-state index contributed by atoms with van der Waals surface area (Å²) in [5, 5.41) is 0. The van der Waals surface area contributed by atoms with E-state index < -0.39 is 5.41 Å². The van der Waals surface area contributed by atoms with Crippen molar-refractivity contribution in [3.8, 4) is 11.8 Å². The van der Waals surface area contributed by atoms with Crippen LogP contribution in [0.1, 0.15) is 32.8 Å². The number of carbonyl (C=O) groups excluding carboxylic acids is 1. The van der Waals surface area contributed by atoms with Gasteiger partial charge in [0.25, 0.3) is 0 Å². The number of hydrogen-bond acceptors (Lipinski definition) is 3. The molecule has 0 atom stereocenters. The van der Waals surface area contributed by atoms with Crippen LogP contribution >= 0.6 is 0 Å². The minimum atomic E-state index is -0.559. The number of rotatable bonds is 2. The summed E-state index contributed by atoms with van der Waals surface area (Å²) in [6.07, 6.45) is 0.655. The molecule has 4 heteroatoms. The van der Waals surface area contributed by atoms with Crippen molar-refractivity contribution in [2.75, 3.05) is 22.9 Å².